The van der Waals surface area contributed by atoms with E-state index in [2.05, 4.69) is 37.6 Å². The van der Waals surface area contributed by atoms with Gasteiger partial charge in [0.2, 0.25) is 0 Å². The van der Waals surface area contributed by atoms with Gasteiger partial charge >= 0.3 is 0 Å². The van der Waals surface area contributed by atoms with E-state index in [-0.39, 0.29) is 10.6 Å². The van der Waals surface area contributed by atoms with Crippen LogP contribution in [0.5, 0.6) is 0 Å². The molecule has 1 aromatic carbocycles. The van der Waals surface area contributed by atoms with Gasteiger partial charge in [0.25, 0.3) is 5.69 Å². The predicted octanol–water partition coefficient (Wildman–Crippen LogP) is 2.55. The summed E-state index contributed by atoms with van der Waals surface area (Å²) in [5.41, 5.74) is 0.791. The number of rotatable bonds is 4. The van der Waals surface area contributed by atoms with Crippen LogP contribution in [0, 0.1) is 10.1 Å². The minimum Gasteiger partial charge on any atom is -0.360 e. The summed E-state index contributed by atoms with van der Waals surface area (Å²) in [5, 5.41) is 17.8. The number of anilines is 1. The molecule has 7 nitrogen and oxygen atoms in total. The van der Waals surface area contributed by atoms with Gasteiger partial charge in [0, 0.05) is 51.4 Å². The molecule has 0 atom stereocenters. The number of thiophene rings is 1. The van der Waals surface area contributed by atoms with E-state index in [4.69, 9.17) is 0 Å². The third-order valence-electron chi connectivity index (χ3n) is 4.23. The van der Waals surface area contributed by atoms with Crippen LogP contribution in [-0.2, 0) is 6.54 Å². The third-order valence-corrected chi connectivity index (χ3v) is 5.16. The van der Waals surface area contributed by atoms with Crippen molar-refractivity contribution in [2.24, 2.45) is 4.99 Å². The number of nitrogens with one attached hydrogen (secondary N) is 1. The molecule has 1 N–H and O–H groups in total. The summed E-state index contributed by atoms with van der Waals surface area (Å²) in [7, 11) is 1.74. The molecule has 1 fully saturated rings. The second kappa shape index (κ2) is 7.98. The van der Waals surface area contributed by atoms with Crippen LogP contribution in [0.1, 0.15) is 5.56 Å². The molecule has 3 rings (SSSR count). The van der Waals surface area contributed by atoms with E-state index < -0.39 is 0 Å². The van der Waals surface area contributed by atoms with Crippen molar-refractivity contribution in [3.8, 4) is 0 Å². The number of nitrogens with zero attached hydrogens (tertiary/aromatic N) is 4. The molecule has 0 aliphatic carbocycles. The number of hydrogen-bond acceptors (Lipinski definition) is 5. The highest BCUT2D eigenvalue weighted by molar-refractivity contribution is 7.14. The number of piperazine rings is 1. The second-order valence-corrected chi connectivity index (χ2v) is 6.64. The van der Waals surface area contributed by atoms with Gasteiger partial charge in [-0.05, 0) is 17.5 Å². The summed E-state index contributed by atoms with van der Waals surface area (Å²) < 4.78 is 0. The minimum absolute atomic E-state index is 0.132. The van der Waals surface area contributed by atoms with Gasteiger partial charge in [0.05, 0.1) is 9.92 Å². The zero-order valence-electron chi connectivity index (χ0n) is 14.1. The Hall–Kier alpha value is -2.61. The summed E-state index contributed by atoms with van der Waals surface area (Å²) in [6.07, 6.45) is 0. The van der Waals surface area contributed by atoms with Gasteiger partial charge in [0.1, 0.15) is 0 Å². The largest absolute Gasteiger partial charge is 0.360 e. The highest BCUT2D eigenvalue weighted by atomic mass is 32.1. The first-order valence-corrected chi connectivity index (χ1v) is 9.03. The molecular formula is C17H21N5O2S. The van der Waals surface area contributed by atoms with Crippen LogP contribution < -0.4 is 10.2 Å². The van der Waals surface area contributed by atoms with Crippen LogP contribution in [0.25, 0.3) is 0 Å². The number of para-hydroxylation sites is 1. The Labute approximate surface area is 150 Å². The van der Waals surface area contributed by atoms with E-state index in [1.54, 1.807) is 30.5 Å². The van der Waals surface area contributed by atoms with E-state index in [9.17, 15) is 10.1 Å². The Balaban J connectivity index is 1.58. The molecule has 2 heterocycles. The standard InChI is InChI=1S/C17H21N5O2S/c1-18-17(19-13-14-5-2-3-6-15(14)22(23)24)21-10-8-20(9-11-21)16-7-4-12-25-16/h2-7,12H,8-11,13H2,1H3,(H,18,19). The number of hydrogen-bond donors (Lipinski definition) is 1. The van der Waals surface area contributed by atoms with Crippen LogP contribution >= 0.6 is 11.3 Å². The summed E-state index contributed by atoms with van der Waals surface area (Å²) in [6.45, 7) is 4.00. The molecule has 25 heavy (non-hydrogen) atoms. The Bertz CT molecular complexity index is 739. The van der Waals surface area contributed by atoms with Crippen LogP contribution in [0.2, 0.25) is 0 Å². The van der Waals surface area contributed by atoms with Crippen molar-refractivity contribution in [3.63, 3.8) is 0 Å². The Morgan fingerprint density at radius 3 is 2.64 bits per heavy atom. The zero-order valence-corrected chi connectivity index (χ0v) is 14.9. The Morgan fingerprint density at radius 2 is 2.00 bits per heavy atom. The first-order chi connectivity index (χ1) is 12.2. The van der Waals surface area contributed by atoms with Crippen LogP contribution in [0.3, 0.4) is 0 Å². The van der Waals surface area contributed by atoms with E-state index >= 15 is 0 Å². The van der Waals surface area contributed by atoms with Crippen molar-refractivity contribution >= 4 is 28.0 Å². The summed E-state index contributed by atoms with van der Waals surface area (Å²) in [6, 6.07) is 11.0. The zero-order chi connectivity index (χ0) is 17.6. The quantitative estimate of drug-likeness (QED) is 0.393. The van der Waals surface area contributed by atoms with Crippen LogP contribution in [0.4, 0.5) is 10.7 Å². The lowest BCUT2D eigenvalue weighted by molar-refractivity contribution is -0.385. The molecule has 0 saturated carbocycles. The predicted molar refractivity (Wildman–Crippen MR) is 101 cm³/mol. The van der Waals surface area contributed by atoms with E-state index in [1.807, 2.05) is 6.07 Å². The van der Waals surface area contributed by atoms with Crippen molar-refractivity contribution in [2.75, 3.05) is 38.1 Å². The second-order valence-electron chi connectivity index (χ2n) is 5.71. The molecule has 1 aliphatic heterocycles. The molecule has 132 valence electrons. The number of nitro groups is 1. The summed E-state index contributed by atoms with van der Waals surface area (Å²) in [5.74, 6) is 0.781. The normalized spacial score (nSPS) is 15.3. The lowest BCUT2D eigenvalue weighted by atomic mass is 10.2. The summed E-state index contributed by atoms with van der Waals surface area (Å²) in [4.78, 5) is 19.7. The SMILES string of the molecule is CN=C(NCc1ccccc1[N+](=O)[O-])N1CCN(c2cccs2)CC1. The monoisotopic (exact) mass is 359 g/mol. The fourth-order valence-electron chi connectivity index (χ4n) is 2.93. The molecule has 8 heteroatoms. The number of guanidine groups is 1. The van der Waals surface area contributed by atoms with Gasteiger partial charge in [0.15, 0.2) is 5.96 Å². The number of nitro benzene ring substituents is 1. The number of benzene rings is 1. The van der Waals surface area contributed by atoms with Crippen LogP contribution in [0.15, 0.2) is 46.8 Å². The van der Waals surface area contributed by atoms with Crippen molar-refractivity contribution in [2.45, 2.75) is 6.54 Å². The molecule has 0 spiro atoms. The maximum Gasteiger partial charge on any atom is 0.274 e. The first-order valence-electron chi connectivity index (χ1n) is 8.15. The Kier molecular flexibility index (Phi) is 5.49. The van der Waals surface area contributed by atoms with Gasteiger partial charge in [-0.3, -0.25) is 15.1 Å². The van der Waals surface area contributed by atoms with Gasteiger partial charge in [-0.25, -0.2) is 0 Å². The fraction of sp³-hybridized carbons (Fsp3) is 0.353. The van der Waals surface area contributed by atoms with Gasteiger partial charge in [-0.1, -0.05) is 18.2 Å². The van der Waals surface area contributed by atoms with Gasteiger partial charge in [-0.15, -0.1) is 11.3 Å². The minimum atomic E-state index is -0.348. The summed E-state index contributed by atoms with van der Waals surface area (Å²) >= 11 is 1.75. The third kappa shape index (κ3) is 4.08. The van der Waals surface area contributed by atoms with E-state index in [1.165, 1.54) is 11.1 Å². The Morgan fingerprint density at radius 1 is 1.24 bits per heavy atom. The van der Waals surface area contributed by atoms with Crippen molar-refractivity contribution in [3.05, 3.63) is 57.5 Å². The molecule has 1 aromatic heterocycles. The smallest absolute Gasteiger partial charge is 0.274 e. The van der Waals surface area contributed by atoms with Gasteiger partial charge in [-0.2, -0.15) is 0 Å². The highest BCUT2D eigenvalue weighted by Gasteiger charge is 2.21. The van der Waals surface area contributed by atoms with Crippen LogP contribution in [-0.4, -0.2) is 49.0 Å². The number of aliphatic imine (C=N–C) groups is 1. The molecular weight excluding hydrogens is 338 g/mol. The first kappa shape index (κ1) is 17.2. The topological polar surface area (TPSA) is 74.0 Å². The van der Waals surface area contributed by atoms with Crippen molar-refractivity contribution in [1.82, 2.24) is 10.2 Å². The maximum absolute atomic E-state index is 11.1. The van der Waals surface area contributed by atoms with Gasteiger partial charge < -0.3 is 15.1 Å². The molecule has 0 amide bonds. The fourth-order valence-corrected chi connectivity index (χ4v) is 3.72. The van der Waals surface area contributed by atoms with E-state index in [0.29, 0.717) is 12.1 Å². The molecule has 2 aromatic rings. The lowest BCUT2D eigenvalue weighted by Gasteiger charge is -2.37. The molecule has 0 bridgehead atoms. The van der Waals surface area contributed by atoms with Crippen molar-refractivity contribution < 1.29 is 4.92 Å². The molecule has 0 unspecified atom stereocenters. The average molecular weight is 359 g/mol. The van der Waals surface area contributed by atoms with E-state index in [0.717, 1.165) is 32.1 Å². The van der Waals surface area contributed by atoms with Crippen molar-refractivity contribution in [1.29, 1.82) is 0 Å². The maximum atomic E-state index is 11.1. The molecule has 1 saturated heterocycles. The molecule has 0 radical (unpaired) electrons. The average Bonchev–Trinajstić information content (AvgIpc) is 3.17. The highest BCUT2D eigenvalue weighted by Crippen LogP contribution is 2.22. The lowest BCUT2D eigenvalue weighted by Crippen LogP contribution is -2.52. The molecule has 1 aliphatic rings.